The highest BCUT2D eigenvalue weighted by molar-refractivity contribution is 5.63. The fourth-order valence-corrected chi connectivity index (χ4v) is 3.16. The minimum atomic E-state index is 0.631. The third-order valence-electron chi connectivity index (χ3n) is 4.62. The van der Waals surface area contributed by atoms with Crippen LogP contribution in [-0.4, -0.2) is 49.2 Å². The molecule has 1 N–H and O–H groups in total. The van der Waals surface area contributed by atoms with Gasteiger partial charge in [-0.05, 0) is 37.1 Å². The van der Waals surface area contributed by atoms with E-state index in [0.717, 1.165) is 49.8 Å². The van der Waals surface area contributed by atoms with Crippen molar-refractivity contribution in [2.75, 3.05) is 44.2 Å². The van der Waals surface area contributed by atoms with Crippen LogP contribution in [0.1, 0.15) is 18.1 Å². The lowest BCUT2D eigenvalue weighted by molar-refractivity contribution is 0.0896. The Labute approximate surface area is 156 Å². The summed E-state index contributed by atoms with van der Waals surface area (Å²) in [5.74, 6) is 1.12. The van der Waals surface area contributed by atoms with Gasteiger partial charge in [-0.2, -0.15) is 0 Å². The molecule has 3 rings (SSSR count). The van der Waals surface area contributed by atoms with Gasteiger partial charge < -0.3 is 4.90 Å². The van der Waals surface area contributed by atoms with Gasteiger partial charge in [0.2, 0.25) is 0 Å². The highest BCUT2D eigenvalue weighted by atomic mass is 16.6. The molecular formula is C21H28N4O. The molecule has 0 radical (unpaired) electrons. The Balaban J connectivity index is 1.59. The summed E-state index contributed by atoms with van der Waals surface area (Å²) in [5.41, 5.74) is 6.49. The number of pyridine rings is 1. The largest absolute Gasteiger partial charge is 0.354 e. The molecule has 1 aromatic heterocycles. The molecule has 0 spiro atoms. The van der Waals surface area contributed by atoms with Crippen molar-refractivity contribution in [1.82, 2.24) is 15.4 Å². The van der Waals surface area contributed by atoms with Gasteiger partial charge in [-0.25, -0.2) is 4.98 Å². The topological polar surface area (TPSA) is 40.6 Å². The molecule has 1 fully saturated rings. The fourth-order valence-electron chi connectivity index (χ4n) is 3.16. The molecule has 138 valence electrons. The molecule has 5 nitrogen and oxygen atoms in total. The maximum Gasteiger partial charge on any atom is 0.131 e. The van der Waals surface area contributed by atoms with E-state index in [2.05, 4.69) is 51.5 Å². The van der Waals surface area contributed by atoms with Gasteiger partial charge in [0.1, 0.15) is 5.82 Å². The number of benzene rings is 1. The average Bonchev–Trinajstić information content (AvgIpc) is 2.70. The van der Waals surface area contributed by atoms with Crippen molar-refractivity contribution in [1.29, 1.82) is 0 Å². The van der Waals surface area contributed by atoms with E-state index in [1.807, 2.05) is 37.4 Å². The van der Waals surface area contributed by atoms with Crippen molar-refractivity contribution in [2.24, 2.45) is 0 Å². The summed E-state index contributed by atoms with van der Waals surface area (Å²) in [5, 5.41) is 0. The molecule has 0 unspecified atom stereocenters. The molecule has 5 heteroatoms. The minimum absolute atomic E-state index is 0.631. The highest BCUT2D eigenvalue weighted by Crippen LogP contribution is 2.18. The number of hydrogen-bond acceptors (Lipinski definition) is 5. The van der Waals surface area contributed by atoms with Gasteiger partial charge in [-0.3, -0.25) is 15.2 Å². The summed E-state index contributed by atoms with van der Waals surface area (Å²) < 4.78 is 0. The van der Waals surface area contributed by atoms with E-state index in [-0.39, 0.29) is 0 Å². The van der Waals surface area contributed by atoms with Gasteiger partial charge >= 0.3 is 0 Å². The van der Waals surface area contributed by atoms with Crippen LogP contribution in [0.4, 0.5) is 5.82 Å². The predicted octanol–water partition coefficient (Wildman–Crippen LogP) is 3.09. The SMILES string of the molecule is CCONC(=CCN1CCN(c2ncccc2C)CC1)c1ccccc1. The number of aromatic nitrogens is 1. The monoisotopic (exact) mass is 352 g/mol. The molecule has 1 aromatic carbocycles. The lowest BCUT2D eigenvalue weighted by Gasteiger charge is -2.35. The van der Waals surface area contributed by atoms with Gasteiger partial charge in [0.25, 0.3) is 0 Å². The second kappa shape index (κ2) is 9.36. The Hall–Kier alpha value is -2.37. The number of anilines is 1. The summed E-state index contributed by atoms with van der Waals surface area (Å²) in [4.78, 5) is 14.8. The Bertz CT molecular complexity index is 709. The summed E-state index contributed by atoms with van der Waals surface area (Å²) in [6, 6.07) is 14.4. The molecule has 0 aliphatic carbocycles. The van der Waals surface area contributed by atoms with E-state index in [1.54, 1.807) is 0 Å². The molecule has 0 saturated carbocycles. The van der Waals surface area contributed by atoms with E-state index in [9.17, 15) is 0 Å². The first-order valence-electron chi connectivity index (χ1n) is 9.30. The minimum Gasteiger partial charge on any atom is -0.354 e. The van der Waals surface area contributed by atoms with Crippen LogP contribution >= 0.6 is 0 Å². The zero-order chi connectivity index (χ0) is 18.2. The third kappa shape index (κ3) is 4.84. The van der Waals surface area contributed by atoms with Crippen molar-refractivity contribution >= 4 is 11.5 Å². The summed E-state index contributed by atoms with van der Waals surface area (Å²) >= 11 is 0. The van der Waals surface area contributed by atoms with E-state index in [1.165, 1.54) is 5.56 Å². The third-order valence-corrected chi connectivity index (χ3v) is 4.62. The summed E-state index contributed by atoms with van der Waals surface area (Å²) in [6.45, 7) is 9.71. The zero-order valence-corrected chi connectivity index (χ0v) is 15.7. The van der Waals surface area contributed by atoms with Crippen LogP contribution in [0.25, 0.3) is 5.70 Å². The molecule has 2 heterocycles. The number of hydrogen-bond donors (Lipinski definition) is 1. The van der Waals surface area contributed by atoms with Gasteiger partial charge in [-0.15, -0.1) is 0 Å². The van der Waals surface area contributed by atoms with Gasteiger partial charge in [0, 0.05) is 38.9 Å². The highest BCUT2D eigenvalue weighted by Gasteiger charge is 2.18. The number of nitrogens with one attached hydrogen (secondary N) is 1. The normalized spacial score (nSPS) is 15.9. The number of rotatable bonds is 7. The molecule has 1 saturated heterocycles. The average molecular weight is 352 g/mol. The zero-order valence-electron chi connectivity index (χ0n) is 15.7. The van der Waals surface area contributed by atoms with Gasteiger partial charge in [0.05, 0.1) is 12.3 Å². The first kappa shape index (κ1) is 18.4. The van der Waals surface area contributed by atoms with E-state index in [0.29, 0.717) is 6.61 Å². The Morgan fingerprint density at radius 3 is 2.58 bits per heavy atom. The van der Waals surface area contributed by atoms with E-state index in [4.69, 9.17) is 4.84 Å². The van der Waals surface area contributed by atoms with Crippen LogP contribution in [0.15, 0.2) is 54.7 Å². The Morgan fingerprint density at radius 2 is 1.88 bits per heavy atom. The molecule has 1 aliphatic heterocycles. The number of hydroxylamine groups is 1. The molecule has 0 amide bonds. The van der Waals surface area contributed by atoms with Crippen molar-refractivity contribution in [2.45, 2.75) is 13.8 Å². The van der Waals surface area contributed by atoms with E-state index >= 15 is 0 Å². The maximum atomic E-state index is 5.42. The Kier molecular flexibility index (Phi) is 6.63. The predicted molar refractivity (Wildman–Crippen MR) is 107 cm³/mol. The Morgan fingerprint density at radius 1 is 1.12 bits per heavy atom. The lowest BCUT2D eigenvalue weighted by atomic mass is 10.1. The fraction of sp³-hybridized carbons (Fsp3) is 0.381. The first-order chi connectivity index (χ1) is 12.8. The van der Waals surface area contributed by atoms with Gasteiger partial charge in [0.15, 0.2) is 0 Å². The second-order valence-electron chi connectivity index (χ2n) is 6.45. The summed E-state index contributed by atoms with van der Waals surface area (Å²) in [6.07, 6.45) is 4.09. The first-order valence-corrected chi connectivity index (χ1v) is 9.30. The van der Waals surface area contributed by atoms with E-state index < -0.39 is 0 Å². The quantitative estimate of drug-likeness (QED) is 0.776. The molecule has 0 bridgehead atoms. The molecule has 2 aromatic rings. The van der Waals surface area contributed by atoms with Crippen LogP contribution in [0, 0.1) is 6.92 Å². The van der Waals surface area contributed by atoms with Crippen LogP contribution in [0.2, 0.25) is 0 Å². The summed E-state index contributed by atoms with van der Waals surface area (Å²) in [7, 11) is 0. The van der Waals surface area contributed by atoms with Crippen LogP contribution in [0.5, 0.6) is 0 Å². The molecule has 26 heavy (non-hydrogen) atoms. The lowest BCUT2D eigenvalue weighted by Crippen LogP contribution is -2.47. The number of piperazine rings is 1. The smallest absolute Gasteiger partial charge is 0.131 e. The second-order valence-corrected chi connectivity index (χ2v) is 6.45. The van der Waals surface area contributed by atoms with Crippen LogP contribution in [0.3, 0.4) is 0 Å². The molecule has 0 atom stereocenters. The van der Waals surface area contributed by atoms with Crippen molar-refractivity contribution < 1.29 is 4.84 Å². The van der Waals surface area contributed by atoms with Crippen LogP contribution in [-0.2, 0) is 4.84 Å². The van der Waals surface area contributed by atoms with Crippen molar-refractivity contribution in [3.05, 3.63) is 65.9 Å². The number of aryl methyl sites for hydroxylation is 1. The van der Waals surface area contributed by atoms with Crippen molar-refractivity contribution in [3.63, 3.8) is 0 Å². The number of nitrogens with zero attached hydrogens (tertiary/aromatic N) is 3. The molecule has 1 aliphatic rings. The van der Waals surface area contributed by atoms with Crippen molar-refractivity contribution in [3.8, 4) is 0 Å². The maximum absolute atomic E-state index is 5.42. The van der Waals surface area contributed by atoms with Crippen LogP contribution < -0.4 is 10.4 Å². The standard InChI is InChI=1S/C21H28N4O/c1-3-26-23-20(19-9-5-4-6-10-19)11-13-24-14-16-25(17-15-24)21-18(2)8-7-12-22-21/h4-12,23H,3,13-17H2,1-2H3. The van der Waals surface area contributed by atoms with Gasteiger partial charge in [-0.1, -0.05) is 36.4 Å². The molecular weight excluding hydrogens is 324 g/mol.